The summed E-state index contributed by atoms with van der Waals surface area (Å²) in [6, 6.07) is 2.14. The van der Waals surface area contributed by atoms with Crippen molar-refractivity contribution in [2.24, 2.45) is 11.8 Å². The van der Waals surface area contributed by atoms with Gasteiger partial charge in [-0.3, -0.25) is 4.68 Å². The van der Waals surface area contributed by atoms with Gasteiger partial charge < -0.3 is 5.32 Å². The van der Waals surface area contributed by atoms with Crippen LogP contribution in [0, 0.1) is 11.8 Å². The monoisotopic (exact) mass is 235 g/mol. The van der Waals surface area contributed by atoms with Gasteiger partial charge in [-0.05, 0) is 37.3 Å². The fourth-order valence-electron chi connectivity index (χ4n) is 2.55. The second kappa shape index (κ2) is 6.20. The van der Waals surface area contributed by atoms with Crippen LogP contribution < -0.4 is 5.32 Å². The van der Waals surface area contributed by atoms with Gasteiger partial charge in [-0.1, -0.05) is 26.7 Å². The molecule has 1 saturated carbocycles. The smallest absolute Gasteiger partial charge is 0.0762 e. The van der Waals surface area contributed by atoms with Crippen molar-refractivity contribution >= 4 is 0 Å². The lowest BCUT2D eigenvalue weighted by Gasteiger charge is -2.08. The first-order valence-corrected chi connectivity index (χ1v) is 6.97. The summed E-state index contributed by atoms with van der Waals surface area (Å²) in [6.07, 6.45) is 7.73. The minimum atomic E-state index is 0.704. The molecule has 1 heterocycles. The van der Waals surface area contributed by atoms with E-state index < -0.39 is 0 Å². The molecule has 2 rings (SSSR count). The van der Waals surface area contributed by atoms with E-state index in [4.69, 9.17) is 0 Å². The van der Waals surface area contributed by atoms with E-state index in [1.165, 1.54) is 31.4 Å². The van der Waals surface area contributed by atoms with E-state index in [-0.39, 0.29) is 0 Å². The Morgan fingerprint density at radius 2 is 2.18 bits per heavy atom. The normalized spacial score (nSPS) is 17.1. The van der Waals surface area contributed by atoms with Gasteiger partial charge in [0, 0.05) is 19.3 Å². The van der Waals surface area contributed by atoms with Crippen molar-refractivity contribution in [3.05, 3.63) is 18.0 Å². The SMILES string of the molecule is CC(C)CNCc1ccn(CC2CCCC2)n1. The fraction of sp³-hybridized carbons (Fsp3) is 0.786. The van der Waals surface area contributed by atoms with E-state index in [2.05, 4.69) is 41.2 Å². The molecule has 0 radical (unpaired) electrons. The van der Waals surface area contributed by atoms with Crippen molar-refractivity contribution in [1.82, 2.24) is 15.1 Å². The van der Waals surface area contributed by atoms with Crippen LogP contribution in [0.3, 0.4) is 0 Å². The molecular weight excluding hydrogens is 210 g/mol. The number of rotatable bonds is 6. The Morgan fingerprint density at radius 3 is 2.88 bits per heavy atom. The highest BCUT2D eigenvalue weighted by Gasteiger charge is 2.15. The zero-order valence-electron chi connectivity index (χ0n) is 11.2. The quantitative estimate of drug-likeness (QED) is 0.821. The predicted octanol–water partition coefficient (Wildman–Crippen LogP) is 2.82. The highest BCUT2D eigenvalue weighted by Crippen LogP contribution is 2.25. The van der Waals surface area contributed by atoms with Gasteiger partial charge in [0.2, 0.25) is 0 Å². The molecule has 17 heavy (non-hydrogen) atoms. The molecule has 1 fully saturated rings. The average molecular weight is 235 g/mol. The van der Waals surface area contributed by atoms with Crippen LogP contribution >= 0.6 is 0 Å². The minimum absolute atomic E-state index is 0.704. The molecule has 0 bridgehead atoms. The summed E-state index contributed by atoms with van der Waals surface area (Å²) in [5, 5.41) is 8.06. The summed E-state index contributed by atoms with van der Waals surface area (Å²) in [4.78, 5) is 0. The molecule has 3 heteroatoms. The van der Waals surface area contributed by atoms with Crippen LogP contribution in [0.4, 0.5) is 0 Å². The van der Waals surface area contributed by atoms with E-state index in [9.17, 15) is 0 Å². The number of nitrogens with one attached hydrogen (secondary N) is 1. The standard InChI is InChI=1S/C14H25N3/c1-12(2)9-15-10-14-7-8-17(16-14)11-13-5-3-4-6-13/h7-8,12-13,15H,3-6,9-11H2,1-2H3. The molecule has 1 N–H and O–H groups in total. The van der Waals surface area contributed by atoms with Crippen LogP contribution in [-0.4, -0.2) is 16.3 Å². The van der Waals surface area contributed by atoms with E-state index >= 15 is 0 Å². The van der Waals surface area contributed by atoms with Gasteiger partial charge >= 0.3 is 0 Å². The zero-order valence-corrected chi connectivity index (χ0v) is 11.2. The molecule has 96 valence electrons. The first-order valence-electron chi connectivity index (χ1n) is 6.97. The maximum atomic E-state index is 4.62. The van der Waals surface area contributed by atoms with Crippen LogP contribution in [0.1, 0.15) is 45.2 Å². The van der Waals surface area contributed by atoms with Crippen molar-refractivity contribution in [3.63, 3.8) is 0 Å². The molecule has 1 aliphatic rings. The molecule has 3 nitrogen and oxygen atoms in total. The zero-order chi connectivity index (χ0) is 12.1. The Kier molecular flexibility index (Phi) is 4.60. The van der Waals surface area contributed by atoms with Gasteiger partial charge in [-0.25, -0.2) is 0 Å². The molecule has 0 spiro atoms. The molecule has 0 amide bonds. The van der Waals surface area contributed by atoms with Crippen molar-refractivity contribution in [3.8, 4) is 0 Å². The molecule has 1 aromatic rings. The third-order valence-corrected chi connectivity index (χ3v) is 3.47. The summed E-state index contributed by atoms with van der Waals surface area (Å²) < 4.78 is 2.13. The van der Waals surface area contributed by atoms with E-state index in [1.807, 2.05) is 0 Å². The molecule has 0 atom stereocenters. The van der Waals surface area contributed by atoms with E-state index in [1.54, 1.807) is 0 Å². The molecule has 0 saturated heterocycles. The van der Waals surface area contributed by atoms with Gasteiger partial charge in [0.1, 0.15) is 0 Å². The third kappa shape index (κ3) is 4.15. The largest absolute Gasteiger partial charge is 0.311 e. The van der Waals surface area contributed by atoms with Gasteiger partial charge in [0.05, 0.1) is 5.69 Å². The summed E-state index contributed by atoms with van der Waals surface area (Å²) >= 11 is 0. The summed E-state index contributed by atoms with van der Waals surface area (Å²) in [7, 11) is 0. The Hall–Kier alpha value is -0.830. The highest BCUT2D eigenvalue weighted by molar-refractivity contribution is 4.98. The van der Waals surface area contributed by atoms with Gasteiger partial charge in [0.15, 0.2) is 0 Å². The highest BCUT2D eigenvalue weighted by atomic mass is 15.3. The lowest BCUT2D eigenvalue weighted by Crippen LogP contribution is -2.19. The third-order valence-electron chi connectivity index (χ3n) is 3.47. The van der Waals surface area contributed by atoms with Crippen LogP contribution in [-0.2, 0) is 13.1 Å². The minimum Gasteiger partial charge on any atom is -0.311 e. The Bertz CT molecular complexity index is 324. The van der Waals surface area contributed by atoms with Crippen molar-refractivity contribution in [1.29, 1.82) is 0 Å². The van der Waals surface area contributed by atoms with Gasteiger partial charge in [0.25, 0.3) is 0 Å². The van der Waals surface area contributed by atoms with Gasteiger partial charge in [-0.2, -0.15) is 5.10 Å². The number of hydrogen-bond donors (Lipinski definition) is 1. The van der Waals surface area contributed by atoms with Crippen molar-refractivity contribution in [2.45, 2.75) is 52.6 Å². The molecule has 1 aliphatic carbocycles. The van der Waals surface area contributed by atoms with Crippen LogP contribution in [0.25, 0.3) is 0 Å². The lowest BCUT2D eigenvalue weighted by molar-refractivity contribution is 0.425. The summed E-state index contributed by atoms with van der Waals surface area (Å²) in [5.41, 5.74) is 1.17. The second-order valence-corrected chi connectivity index (χ2v) is 5.70. The van der Waals surface area contributed by atoms with Gasteiger partial charge in [-0.15, -0.1) is 0 Å². The van der Waals surface area contributed by atoms with Crippen molar-refractivity contribution < 1.29 is 0 Å². The maximum absolute atomic E-state index is 4.62. The Balaban J connectivity index is 1.75. The number of hydrogen-bond acceptors (Lipinski definition) is 2. The van der Waals surface area contributed by atoms with E-state index in [0.29, 0.717) is 5.92 Å². The second-order valence-electron chi connectivity index (χ2n) is 5.70. The lowest BCUT2D eigenvalue weighted by atomic mass is 10.1. The molecule has 0 unspecified atom stereocenters. The van der Waals surface area contributed by atoms with E-state index in [0.717, 1.165) is 25.6 Å². The topological polar surface area (TPSA) is 29.9 Å². The predicted molar refractivity (Wildman–Crippen MR) is 70.7 cm³/mol. The average Bonchev–Trinajstić information content (AvgIpc) is 2.90. The van der Waals surface area contributed by atoms with Crippen molar-refractivity contribution in [2.75, 3.05) is 6.54 Å². The Morgan fingerprint density at radius 1 is 1.41 bits per heavy atom. The number of aromatic nitrogens is 2. The molecular formula is C14H25N3. The number of nitrogens with zero attached hydrogens (tertiary/aromatic N) is 2. The summed E-state index contributed by atoms with van der Waals surface area (Å²) in [6.45, 7) is 7.53. The first-order chi connectivity index (χ1) is 8.24. The molecule has 1 aromatic heterocycles. The summed E-state index contributed by atoms with van der Waals surface area (Å²) in [5.74, 6) is 1.57. The maximum Gasteiger partial charge on any atom is 0.0762 e. The van der Waals surface area contributed by atoms with Crippen LogP contribution in [0.15, 0.2) is 12.3 Å². The van der Waals surface area contributed by atoms with Crippen LogP contribution in [0.5, 0.6) is 0 Å². The van der Waals surface area contributed by atoms with Crippen LogP contribution in [0.2, 0.25) is 0 Å². The Labute approximate surface area is 105 Å². The molecule has 0 aliphatic heterocycles. The fourth-order valence-corrected chi connectivity index (χ4v) is 2.55. The molecule has 0 aromatic carbocycles. The first kappa shape index (κ1) is 12.6.